The van der Waals surface area contributed by atoms with Crippen LogP contribution >= 0.6 is 0 Å². The summed E-state index contributed by atoms with van der Waals surface area (Å²) in [4.78, 5) is 22.4. The van der Waals surface area contributed by atoms with E-state index in [-0.39, 0.29) is 11.9 Å². The summed E-state index contributed by atoms with van der Waals surface area (Å²) in [6, 6.07) is -0.106. The standard InChI is InChI=1S/C18H29N5O2/c1-3-4-19-18-20-7-13(8-21-18)9-23-10-14-5-16(22-12(2)24)17(25)6-15(14)11-23/h7-8,14-17,25H,3-6,9-11H2,1-2H3,(H,22,24)(H,19,20,21)/t14-,15+,16-,17-/m1/s1. The van der Waals surface area contributed by atoms with Gasteiger partial charge in [0.1, 0.15) is 0 Å². The van der Waals surface area contributed by atoms with Gasteiger partial charge in [0.15, 0.2) is 0 Å². The second-order valence-corrected chi connectivity index (χ2v) is 7.40. The number of aromatic nitrogens is 2. The van der Waals surface area contributed by atoms with E-state index in [4.69, 9.17) is 0 Å². The lowest BCUT2D eigenvalue weighted by molar-refractivity contribution is -0.121. The zero-order chi connectivity index (χ0) is 17.8. The molecular formula is C18H29N5O2. The topological polar surface area (TPSA) is 90.4 Å². The number of nitrogens with zero attached hydrogens (tertiary/aromatic N) is 3. The van der Waals surface area contributed by atoms with Crippen LogP contribution in [-0.4, -0.2) is 57.7 Å². The van der Waals surface area contributed by atoms with Crippen LogP contribution in [0.5, 0.6) is 0 Å². The Morgan fingerprint density at radius 3 is 2.60 bits per heavy atom. The number of carbonyl (C=O) groups is 1. The molecule has 3 rings (SSSR count). The first-order valence-corrected chi connectivity index (χ1v) is 9.27. The van der Waals surface area contributed by atoms with Gasteiger partial charge in [-0.3, -0.25) is 9.69 Å². The predicted octanol–water partition coefficient (Wildman–Crippen LogP) is 1.01. The zero-order valence-corrected chi connectivity index (χ0v) is 15.1. The SMILES string of the molecule is CCCNc1ncc(CN2C[C@H]3C[C@@H](NC(C)=O)[C@H](O)C[C@H]3C2)cn1. The van der Waals surface area contributed by atoms with E-state index in [9.17, 15) is 9.90 Å². The smallest absolute Gasteiger partial charge is 0.222 e. The summed E-state index contributed by atoms with van der Waals surface area (Å²) in [5.74, 6) is 1.66. The van der Waals surface area contributed by atoms with E-state index in [1.165, 1.54) is 6.92 Å². The van der Waals surface area contributed by atoms with Crippen molar-refractivity contribution in [2.24, 2.45) is 11.8 Å². The Kier molecular flexibility index (Phi) is 5.86. The van der Waals surface area contributed by atoms with E-state index in [2.05, 4.69) is 32.4 Å². The fraction of sp³-hybridized carbons (Fsp3) is 0.722. The molecule has 7 nitrogen and oxygen atoms in total. The van der Waals surface area contributed by atoms with Gasteiger partial charge in [-0.05, 0) is 31.1 Å². The van der Waals surface area contributed by atoms with E-state index >= 15 is 0 Å². The normalized spacial score (nSPS) is 29.2. The average molecular weight is 347 g/mol. The van der Waals surface area contributed by atoms with E-state index in [1.807, 2.05) is 12.4 Å². The lowest BCUT2D eigenvalue weighted by Gasteiger charge is -2.35. The monoisotopic (exact) mass is 347 g/mol. The fourth-order valence-corrected chi connectivity index (χ4v) is 4.10. The lowest BCUT2D eigenvalue weighted by Crippen LogP contribution is -2.48. The van der Waals surface area contributed by atoms with Crippen LogP contribution in [0.15, 0.2) is 12.4 Å². The summed E-state index contributed by atoms with van der Waals surface area (Å²) in [6.07, 6.45) is 6.02. The summed E-state index contributed by atoms with van der Waals surface area (Å²) < 4.78 is 0. The van der Waals surface area contributed by atoms with Crippen LogP contribution in [0.25, 0.3) is 0 Å². The number of anilines is 1. The molecule has 1 amide bonds. The van der Waals surface area contributed by atoms with Gasteiger partial charge in [0.05, 0.1) is 12.1 Å². The van der Waals surface area contributed by atoms with Crippen LogP contribution < -0.4 is 10.6 Å². The van der Waals surface area contributed by atoms with Crippen LogP contribution in [0.2, 0.25) is 0 Å². The van der Waals surface area contributed by atoms with Crippen molar-refractivity contribution in [2.75, 3.05) is 25.0 Å². The van der Waals surface area contributed by atoms with Gasteiger partial charge in [-0.25, -0.2) is 9.97 Å². The Balaban J connectivity index is 1.53. The molecule has 2 fully saturated rings. The Hall–Kier alpha value is -1.73. The summed E-state index contributed by atoms with van der Waals surface area (Å²) in [5.41, 5.74) is 1.11. The van der Waals surface area contributed by atoms with Gasteiger partial charge < -0.3 is 15.7 Å². The Labute approximate surface area is 149 Å². The summed E-state index contributed by atoms with van der Waals surface area (Å²) in [5, 5.41) is 16.4. The van der Waals surface area contributed by atoms with Crippen LogP contribution in [0.3, 0.4) is 0 Å². The molecule has 138 valence electrons. The van der Waals surface area contributed by atoms with E-state index in [0.717, 1.165) is 51.0 Å². The van der Waals surface area contributed by atoms with Crippen molar-refractivity contribution in [3.8, 4) is 0 Å². The van der Waals surface area contributed by atoms with Gasteiger partial charge in [-0.15, -0.1) is 0 Å². The number of hydrogen-bond donors (Lipinski definition) is 3. The summed E-state index contributed by atoms with van der Waals surface area (Å²) in [6.45, 7) is 7.34. The predicted molar refractivity (Wildman–Crippen MR) is 95.9 cm³/mol. The number of aliphatic hydroxyl groups is 1. The number of fused-ring (bicyclic) bond motifs is 1. The molecule has 1 aromatic rings. The van der Waals surface area contributed by atoms with E-state index in [0.29, 0.717) is 17.8 Å². The maximum atomic E-state index is 11.3. The third kappa shape index (κ3) is 4.67. The summed E-state index contributed by atoms with van der Waals surface area (Å²) >= 11 is 0. The molecule has 1 aliphatic carbocycles. The second-order valence-electron chi connectivity index (χ2n) is 7.40. The number of carbonyl (C=O) groups excluding carboxylic acids is 1. The molecular weight excluding hydrogens is 318 g/mol. The molecule has 1 aromatic heterocycles. The third-order valence-corrected chi connectivity index (χ3v) is 5.25. The minimum Gasteiger partial charge on any atom is -0.391 e. The van der Waals surface area contributed by atoms with E-state index in [1.54, 1.807) is 0 Å². The highest BCUT2D eigenvalue weighted by Gasteiger charge is 2.41. The van der Waals surface area contributed by atoms with Gasteiger partial charge >= 0.3 is 0 Å². The first-order valence-electron chi connectivity index (χ1n) is 9.27. The van der Waals surface area contributed by atoms with Crippen LogP contribution in [0.1, 0.15) is 38.7 Å². The van der Waals surface area contributed by atoms with Gasteiger partial charge in [0.2, 0.25) is 11.9 Å². The maximum Gasteiger partial charge on any atom is 0.222 e. The van der Waals surface area contributed by atoms with Crippen molar-refractivity contribution >= 4 is 11.9 Å². The van der Waals surface area contributed by atoms with Gasteiger partial charge in [0, 0.05) is 51.1 Å². The molecule has 2 aliphatic rings. The van der Waals surface area contributed by atoms with Crippen molar-refractivity contribution in [1.82, 2.24) is 20.2 Å². The van der Waals surface area contributed by atoms with Crippen molar-refractivity contribution in [3.05, 3.63) is 18.0 Å². The second kappa shape index (κ2) is 8.10. The molecule has 0 spiro atoms. The number of likely N-dealkylation sites (tertiary alicyclic amines) is 1. The fourth-order valence-electron chi connectivity index (χ4n) is 4.10. The molecule has 3 N–H and O–H groups in total. The van der Waals surface area contributed by atoms with Crippen molar-refractivity contribution in [1.29, 1.82) is 0 Å². The third-order valence-electron chi connectivity index (χ3n) is 5.25. The maximum absolute atomic E-state index is 11.3. The largest absolute Gasteiger partial charge is 0.391 e. The van der Waals surface area contributed by atoms with Crippen molar-refractivity contribution in [2.45, 2.75) is 51.8 Å². The van der Waals surface area contributed by atoms with Crippen molar-refractivity contribution in [3.63, 3.8) is 0 Å². The van der Waals surface area contributed by atoms with Gasteiger partial charge in [-0.2, -0.15) is 0 Å². The minimum absolute atomic E-state index is 0.0636. The molecule has 7 heteroatoms. The number of aliphatic hydroxyl groups excluding tert-OH is 1. The molecule has 0 bridgehead atoms. The number of nitrogens with one attached hydrogen (secondary N) is 2. The number of amides is 1. The molecule has 25 heavy (non-hydrogen) atoms. The molecule has 4 atom stereocenters. The average Bonchev–Trinajstić information content (AvgIpc) is 2.95. The molecule has 1 saturated carbocycles. The Bertz CT molecular complexity index is 579. The molecule has 1 aliphatic heterocycles. The number of rotatable bonds is 6. The lowest BCUT2D eigenvalue weighted by atomic mass is 9.77. The zero-order valence-electron chi connectivity index (χ0n) is 15.1. The molecule has 0 unspecified atom stereocenters. The highest BCUT2D eigenvalue weighted by Crippen LogP contribution is 2.37. The van der Waals surface area contributed by atoms with Gasteiger partial charge in [-0.1, -0.05) is 6.92 Å². The molecule has 2 heterocycles. The van der Waals surface area contributed by atoms with Crippen LogP contribution in [0, 0.1) is 11.8 Å². The molecule has 0 radical (unpaired) electrons. The van der Waals surface area contributed by atoms with Crippen LogP contribution in [-0.2, 0) is 11.3 Å². The quantitative estimate of drug-likeness (QED) is 0.711. The van der Waals surface area contributed by atoms with Gasteiger partial charge in [0.25, 0.3) is 0 Å². The van der Waals surface area contributed by atoms with Crippen LogP contribution in [0.4, 0.5) is 5.95 Å². The minimum atomic E-state index is -0.433. The molecule has 0 aromatic carbocycles. The van der Waals surface area contributed by atoms with E-state index < -0.39 is 6.10 Å². The number of hydrogen-bond acceptors (Lipinski definition) is 6. The Morgan fingerprint density at radius 2 is 1.96 bits per heavy atom. The van der Waals surface area contributed by atoms with Crippen molar-refractivity contribution < 1.29 is 9.90 Å². The summed E-state index contributed by atoms with van der Waals surface area (Å²) in [7, 11) is 0. The first-order chi connectivity index (χ1) is 12.0. The Morgan fingerprint density at radius 1 is 1.28 bits per heavy atom. The highest BCUT2D eigenvalue weighted by molar-refractivity contribution is 5.73. The highest BCUT2D eigenvalue weighted by atomic mass is 16.3. The molecule has 1 saturated heterocycles. The first kappa shape index (κ1) is 18.1.